The van der Waals surface area contributed by atoms with Gasteiger partial charge in [-0.25, -0.2) is 0 Å². The van der Waals surface area contributed by atoms with Crippen molar-refractivity contribution in [1.82, 2.24) is 4.90 Å². The van der Waals surface area contributed by atoms with Gasteiger partial charge in [-0.05, 0) is 40.1 Å². The molecular weight excluding hydrogens is 212 g/mol. The van der Waals surface area contributed by atoms with E-state index < -0.39 is 0 Å². The predicted octanol–water partition coefficient (Wildman–Crippen LogP) is 2.47. The molecule has 1 aromatic carbocycles. The number of anilines is 1. The molecular formula is C14H24N2O. The summed E-state index contributed by atoms with van der Waals surface area (Å²) in [4.78, 5) is 4.44. The first-order chi connectivity index (χ1) is 8.17. The van der Waals surface area contributed by atoms with E-state index in [1.54, 1.807) is 0 Å². The summed E-state index contributed by atoms with van der Waals surface area (Å²) in [5.41, 5.74) is 1.23. The lowest BCUT2D eigenvalue weighted by molar-refractivity contribution is 0.261. The van der Waals surface area contributed by atoms with Crippen molar-refractivity contribution in [2.45, 2.75) is 13.8 Å². The summed E-state index contributed by atoms with van der Waals surface area (Å²) in [5.74, 6) is 0.955. The van der Waals surface area contributed by atoms with Crippen LogP contribution in [0.2, 0.25) is 0 Å². The Labute approximate surface area is 105 Å². The quantitative estimate of drug-likeness (QED) is 0.723. The monoisotopic (exact) mass is 236 g/mol. The highest BCUT2D eigenvalue weighted by Gasteiger charge is 2.03. The molecule has 0 bridgehead atoms. The second kappa shape index (κ2) is 7.17. The summed E-state index contributed by atoms with van der Waals surface area (Å²) >= 11 is 0. The minimum atomic E-state index is 0.731. The molecule has 0 N–H and O–H groups in total. The second-order valence-electron chi connectivity index (χ2n) is 4.32. The Kier molecular flexibility index (Phi) is 5.84. The average molecular weight is 236 g/mol. The third kappa shape index (κ3) is 4.65. The number of benzene rings is 1. The third-order valence-corrected chi connectivity index (χ3v) is 2.75. The third-order valence-electron chi connectivity index (χ3n) is 2.75. The summed E-state index contributed by atoms with van der Waals surface area (Å²) in [6.45, 7) is 8.06. The first kappa shape index (κ1) is 13.8. The number of likely N-dealkylation sites (N-methyl/N-ethyl adjacent to an activating group) is 1. The molecule has 0 spiro atoms. The van der Waals surface area contributed by atoms with Gasteiger partial charge < -0.3 is 14.5 Å². The summed E-state index contributed by atoms with van der Waals surface area (Å²) in [6, 6.07) is 8.32. The van der Waals surface area contributed by atoms with E-state index in [9.17, 15) is 0 Å². The molecule has 0 saturated carbocycles. The molecule has 0 fully saturated rings. The molecule has 0 radical (unpaired) electrons. The van der Waals surface area contributed by atoms with E-state index in [1.807, 2.05) is 6.07 Å². The van der Waals surface area contributed by atoms with Gasteiger partial charge in [0, 0.05) is 31.4 Å². The van der Waals surface area contributed by atoms with Crippen molar-refractivity contribution in [2.24, 2.45) is 0 Å². The zero-order valence-electron chi connectivity index (χ0n) is 11.4. The minimum absolute atomic E-state index is 0.731. The lowest BCUT2D eigenvalue weighted by Gasteiger charge is -2.21. The molecule has 0 amide bonds. The summed E-state index contributed by atoms with van der Waals surface area (Å²) in [7, 11) is 4.10. The Bertz CT molecular complexity index is 322. The number of hydrogen-bond donors (Lipinski definition) is 0. The minimum Gasteiger partial charge on any atom is -0.492 e. The predicted molar refractivity (Wildman–Crippen MR) is 74.1 cm³/mol. The molecule has 3 nitrogen and oxygen atoms in total. The van der Waals surface area contributed by atoms with Crippen LogP contribution in [0.4, 0.5) is 5.69 Å². The molecule has 0 aromatic heterocycles. The van der Waals surface area contributed by atoms with Crippen molar-refractivity contribution in [1.29, 1.82) is 0 Å². The van der Waals surface area contributed by atoms with Crippen LogP contribution in [-0.4, -0.2) is 45.2 Å². The van der Waals surface area contributed by atoms with Gasteiger partial charge in [-0.3, -0.25) is 0 Å². The Hall–Kier alpha value is -1.22. The Balaban J connectivity index is 2.59. The molecule has 96 valence electrons. The summed E-state index contributed by atoms with van der Waals surface area (Å²) in [6.07, 6.45) is 0. The normalized spacial score (nSPS) is 10.6. The standard InChI is InChI=1S/C14H24N2O/c1-5-16(6-2)13-8-7-9-14(12-13)17-11-10-15(3)4/h7-9,12H,5-6,10-11H2,1-4H3. The molecule has 17 heavy (non-hydrogen) atoms. The van der Waals surface area contributed by atoms with Crippen molar-refractivity contribution in [2.75, 3.05) is 45.2 Å². The number of rotatable bonds is 7. The van der Waals surface area contributed by atoms with Gasteiger partial charge >= 0.3 is 0 Å². The van der Waals surface area contributed by atoms with E-state index in [0.29, 0.717) is 0 Å². The summed E-state index contributed by atoms with van der Waals surface area (Å²) < 4.78 is 5.73. The fourth-order valence-electron chi connectivity index (χ4n) is 1.70. The van der Waals surface area contributed by atoms with Crippen molar-refractivity contribution >= 4 is 5.69 Å². The Morgan fingerprint density at radius 3 is 2.41 bits per heavy atom. The van der Waals surface area contributed by atoms with Gasteiger partial charge in [0.15, 0.2) is 0 Å². The van der Waals surface area contributed by atoms with Crippen LogP contribution in [0.15, 0.2) is 24.3 Å². The molecule has 0 saturated heterocycles. The fourth-order valence-corrected chi connectivity index (χ4v) is 1.70. The zero-order valence-corrected chi connectivity index (χ0v) is 11.4. The van der Waals surface area contributed by atoms with Crippen molar-refractivity contribution < 1.29 is 4.74 Å². The van der Waals surface area contributed by atoms with E-state index in [4.69, 9.17) is 4.74 Å². The molecule has 0 aliphatic carbocycles. The molecule has 0 atom stereocenters. The molecule has 3 heteroatoms. The van der Waals surface area contributed by atoms with E-state index in [2.05, 4.69) is 55.9 Å². The maximum absolute atomic E-state index is 5.73. The molecule has 1 aromatic rings. The largest absolute Gasteiger partial charge is 0.492 e. The Morgan fingerprint density at radius 2 is 1.82 bits per heavy atom. The van der Waals surface area contributed by atoms with Crippen LogP contribution < -0.4 is 9.64 Å². The first-order valence-electron chi connectivity index (χ1n) is 6.30. The topological polar surface area (TPSA) is 15.7 Å². The van der Waals surface area contributed by atoms with Crippen LogP contribution >= 0.6 is 0 Å². The van der Waals surface area contributed by atoms with Gasteiger partial charge in [-0.15, -0.1) is 0 Å². The maximum atomic E-state index is 5.73. The molecule has 1 rings (SSSR count). The molecule has 0 unspecified atom stereocenters. The van der Waals surface area contributed by atoms with Gasteiger partial charge in [-0.2, -0.15) is 0 Å². The summed E-state index contributed by atoms with van der Waals surface area (Å²) in [5, 5.41) is 0. The van der Waals surface area contributed by atoms with Crippen LogP contribution in [-0.2, 0) is 0 Å². The first-order valence-corrected chi connectivity index (χ1v) is 6.30. The van der Waals surface area contributed by atoms with Crippen LogP contribution in [0.25, 0.3) is 0 Å². The van der Waals surface area contributed by atoms with E-state index in [0.717, 1.165) is 32.0 Å². The van der Waals surface area contributed by atoms with Crippen LogP contribution in [0.1, 0.15) is 13.8 Å². The van der Waals surface area contributed by atoms with Crippen LogP contribution in [0.5, 0.6) is 5.75 Å². The van der Waals surface area contributed by atoms with Gasteiger partial charge in [0.25, 0.3) is 0 Å². The van der Waals surface area contributed by atoms with E-state index >= 15 is 0 Å². The smallest absolute Gasteiger partial charge is 0.121 e. The SMILES string of the molecule is CCN(CC)c1cccc(OCCN(C)C)c1. The highest BCUT2D eigenvalue weighted by Crippen LogP contribution is 2.20. The van der Waals surface area contributed by atoms with Gasteiger partial charge in [0.05, 0.1) is 0 Å². The highest BCUT2D eigenvalue weighted by molar-refractivity contribution is 5.50. The molecule has 0 heterocycles. The lowest BCUT2D eigenvalue weighted by atomic mass is 10.2. The Morgan fingerprint density at radius 1 is 1.12 bits per heavy atom. The second-order valence-corrected chi connectivity index (χ2v) is 4.32. The van der Waals surface area contributed by atoms with Crippen LogP contribution in [0, 0.1) is 0 Å². The number of nitrogens with zero attached hydrogens (tertiary/aromatic N) is 2. The maximum Gasteiger partial charge on any atom is 0.121 e. The van der Waals surface area contributed by atoms with Crippen molar-refractivity contribution in [3.05, 3.63) is 24.3 Å². The highest BCUT2D eigenvalue weighted by atomic mass is 16.5. The molecule has 0 aliphatic rings. The fraction of sp³-hybridized carbons (Fsp3) is 0.571. The number of ether oxygens (including phenoxy) is 1. The van der Waals surface area contributed by atoms with Gasteiger partial charge in [0.1, 0.15) is 12.4 Å². The molecule has 0 aliphatic heterocycles. The van der Waals surface area contributed by atoms with Crippen molar-refractivity contribution in [3.8, 4) is 5.75 Å². The zero-order chi connectivity index (χ0) is 12.7. The van der Waals surface area contributed by atoms with Crippen molar-refractivity contribution in [3.63, 3.8) is 0 Å². The van der Waals surface area contributed by atoms with Gasteiger partial charge in [0.2, 0.25) is 0 Å². The number of hydrogen-bond acceptors (Lipinski definition) is 3. The lowest BCUT2D eigenvalue weighted by Crippen LogP contribution is -2.22. The van der Waals surface area contributed by atoms with Gasteiger partial charge in [-0.1, -0.05) is 6.07 Å². The van der Waals surface area contributed by atoms with E-state index in [-0.39, 0.29) is 0 Å². The average Bonchev–Trinajstić information content (AvgIpc) is 2.31. The van der Waals surface area contributed by atoms with Crippen LogP contribution in [0.3, 0.4) is 0 Å². The van der Waals surface area contributed by atoms with E-state index in [1.165, 1.54) is 5.69 Å².